The van der Waals surface area contributed by atoms with Crippen molar-refractivity contribution in [3.63, 3.8) is 0 Å². The maximum Gasteiger partial charge on any atom is 0.257 e. The first-order chi connectivity index (χ1) is 13.3. The summed E-state index contributed by atoms with van der Waals surface area (Å²) in [5.41, 5.74) is 2.16. The minimum Gasteiger partial charge on any atom is -0.508 e. The van der Waals surface area contributed by atoms with E-state index in [0.717, 1.165) is 11.4 Å². The molecule has 1 aromatic heterocycles. The average Bonchev–Trinajstić information content (AvgIpc) is 2.59. The topological polar surface area (TPSA) is 95.1 Å². The Kier molecular flexibility index (Phi) is 4.57. The fourth-order valence-electron chi connectivity index (χ4n) is 4.14. The zero-order valence-electron chi connectivity index (χ0n) is 16.1. The third kappa shape index (κ3) is 3.24. The number of allylic oxidation sites excluding steroid dienone is 2. The van der Waals surface area contributed by atoms with Crippen LogP contribution < -0.4 is 10.9 Å². The summed E-state index contributed by atoms with van der Waals surface area (Å²) in [5.74, 6) is 0.878. The van der Waals surface area contributed by atoms with Gasteiger partial charge in [0.05, 0.1) is 5.56 Å². The van der Waals surface area contributed by atoms with Crippen molar-refractivity contribution < 1.29 is 9.90 Å². The Morgan fingerprint density at radius 2 is 2.07 bits per heavy atom. The summed E-state index contributed by atoms with van der Waals surface area (Å²) >= 11 is 1.46. The maximum atomic E-state index is 13.1. The number of Topliss-reactive ketones (excluding diaryl/α,β-unsaturated/α-hetero) is 1. The second-order valence-corrected chi connectivity index (χ2v) is 9.31. The van der Waals surface area contributed by atoms with Crippen LogP contribution in [0.4, 0.5) is 5.82 Å². The van der Waals surface area contributed by atoms with E-state index in [1.807, 2.05) is 13.0 Å². The Morgan fingerprint density at radius 1 is 1.29 bits per heavy atom. The van der Waals surface area contributed by atoms with E-state index in [1.165, 1.54) is 11.8 Å². The first-order valence-corrected chi connectivity index (χ1v) is 10.4. The molecule has 1 aliphatic heterocycles. The van der Waals surface area contributed by atoms with Crippen molar-refractivity contribution in [1.29, 1.82) is 0 Å². The molecule has 1 aliphatic carbocycles. The fourth-order valence-corrected chi connectivity index (χ4v) is 4.73. The van der Waals surface area contributed by atoms with Crippen molar-refractivity contribution in [2.75, 3.05) is 11.1 Å². The maximum absolute atomic E-state index is 13.1. The first-order valence-electron chi connectivity index (χ1n) is 9.38. The van der Waals surface area contributed by atoms with Crippen LogP contribution in [0.1, 0.15) is 50.7 Å². The van der Waals surface area contributed by atoms with E-state index in [9.17, 15) is 14.7 Å². The SMILES string of the molecule is CCSc1nc2c(c(=O)[nH]1)[C@H](c1cccc(O)c1)C1=C(CC(C)(C)CC1=O)N2. The number of carbonyl (C=O) groups is 1. The number of anilines is 1. The molecule has 0 saturated heterocycles. The molecule has 0 amide bonds. The van der Waals surface area contributed by atoms with Crippen molar-refractivity contribution in [2.45, 2.75) is 44.7 Å². The number of nitrogens with one attached hydrogen (secondary N) is 2. The molecule has 3 N–H and O–H groups in total. The second kappa shape index (κ2) is 6.81. The van der Waals surface area contributed by atoms with Gasteiger partial charge in [0.2, 0.25) is 0 Å². The molecule has 1 aromatic carbocycles. The normalized spacial score (nSPS) is 20.4. The smallest absolute Gasteiger partial charge is 0.257 e. The van der Waals surface area contributed by atoms with Gasteiger partial charge in [-0.15, -0.1) is 0 Å². The second-order valence-electron chi connectivity index (χ2n) is 8.05. The molecule has 4 rings (SSSR count). The van der Waals surface area contributed by atoms with E-state index in [0.29, 0.717) is 40.5 Å². The number of nitrogens with zero attached hydrogens (tertiary/aromatic N) is 1. The zero-order chi connectivity index (χ0) is 20.1. The highest BCUT2D eigenvalue weighted by Gasteiger charge is 2.42. The number of ketones is 1. The molecule has 0 radical (unpaired) electrons. The third-order valence-electron chi connectivity index (χ3n) is 5.18. The van der Waals surface area contributed by atoms with E-state index in [-0.39, 0.29) is 22.5 Å². The van der Waals surface area contributed by atoms with Crippen molar-refractivity contribution in [2.24, 2.45) is 5.41 Å². The van der Waals surface area contributed by atoms with Crippen LogP contribution >= 0.6 is 11.8 Å². The molecular weight excluding hydrogens is 374 g/mol. The van der Waals surface area contributed by atoms with Gasteiger partial charge in [-0.1, -0.05) is 44.7 Å². The number of aromatic hydroxyl groups is 1. The predicted molar refractivity (Wildman–Crippen MR) is 110 cm³/mol. The van der Waals surface area contributed by atoms with E-state index >= 15 is 0 Å². The number of aromatic amines is 1. The molecule has 7 heteroatoms. The molecule has 0 bridgehead atoms. The molecule has 1 atom stereocenters. The number of hydrogen-bond donors (Lipinski definition) is 3. The zero-order valence-corrected chi connectivity index (χ0v) is 16.9. The number of rotatable bonds is 3. The number of fused-ring (bicyclic) bond motifs is 1. The lowest BCUT2D eigenvalue weighted by Crippen LogP contribution is -2.37. The number of phenols is 1. The van der Waals surface area contributed by atoms with Crippen LogP contribution in [0.25, 0.3) is 0 Å². The number of H-pyrrole nitrogens is 1. The summed E-state index contributed by atoms with van der Waals surface area (Å²) in [6.07, 6.45) is 1.13. The summed E-state index contributed by atoms with van der Waals surface area (Å²) in [7, 11) is 0. The molecule has 0 unspecified atom stereocenters. The molecular formula is C21H23N3O3S. The highest BCUT2D eigenvalue weighted by Crippen LogP contribution is 2.47. The molecule has 0 fully saturated rings. The lowest BCUT2D eigenvalue weighted by Gasteiger charge is -2.38. The highest BCUT2D eigenvalue weighted by atomic mass is 32.2. The van der Waals surface area contributed by atoms with E-state index in [1.54, 1.807) is 18.2 Å². The Morgan fingerprint density at radius 3 is 2.79 bits per heavy atom. The third-order valence-corrected chi connectivity index (χ3v) is 5.94. The fraction of sp³-hybridized carbons (Fsp3) is 0.381. The Hall–Kier alpha value is -2.54. The molecule has 2 heterocycles. The number of aromatic nitrogens is 2. The number of carbonyl (C=O) groups excluding carboxylic acids is 1. The minimum atomic E-state index is -0.543. The summed E-state index contributed by atoms with van der Waals surface area (Å²) in [5, 5.41) is 13.8. The first kappa shape index (κ1) is 18.8. The standard InChI is InChI=1S/C21H23N3O3S/c1-4-28-20-23-18-17(19(27)24-20)15(11-6-5-7-12(25)8-11)16-13(22-18)9-21(2,3)10-14(16)26/h5-8,15,25H,4,9-10H2,1-3H3,(H2,22,23,24,27)/t15-/m1/s1. The Balaban J connectivity index is 1.96. The molecule has 2 aliphatic rings. The summed E-state index contributed by atoms with van der Waals surface area (Å²) in [6.45, 7) is 6.13. The quantitative estimate of drug-likeness (QED) is 0.539. The van der Waals surface area contributed by atoms with E-state index < -0.39 is 5.92 Å². The van der Waals surface area contributed by atoms with Gasteiger partial charge in [-0.25, -0.2) is 4.98 Å². The summed E-state index contributed by atoms with van der Waals surface area (Å²) in [4.78, 5) is 33.5. The largest absolute Gasteiger partial charge is 0.508 e. The number of thioether (sulfide) groups is 1. The molecule has 0 saturated carbocycles. The molecule has 6 nitrogen and oxygen atoms in total. The highest BCUT2D eigenvalue weighted by molar-refractivity contribution is 7.99. The van der Waals surface area contributed by atoms with Gasteiger partial charge < -0.3 is 15.4 Å². The molecule has 2 aromatic rings. The van der Waals surface area contributed by atoms with Crippen LogP contribution in [0.3, 0.4) is 0 Å². The molecule has 0 spiro atoms. The number of phenolic OH excluding ortho intramolecular Hbond substituents is 1. The van der Waals surface area contributed by atoms with Crippen LogP contribution in [0, 0.1) is 5.41 Å². The van der Waals surface area contributed by atoms with Gasteiger partial charge in [0.15, 0.2) is 10.9 Å². The Bertz CT molecular complexity index is 1060. The molecule has 28 heavy (non-hydrogen) atoms. The summed E-state index contributed by atoms with van der Waals surface area (Å²) < 4.78 is 0. The van der Waals surface area contributed by atoms with Crippen molar-refractivity contribution in [3.8, 4) is 5.75 Å². The Labute approximate surface area is 167 Å². The van der Waals surface area contributed by atoms with Crippen LogP contribution in [0.15, 0.2) is 45.5 Å². The van der Waals surface area contributed by atoms with Gasteiger partial charge in [-0.05, 0) is 35.3 Å². The van der Waals surface area contributed by atoms with Crippen LogP contribution in [-0.4, -0.2) is 26.6 Å². The summed E-state index contributed by atoms with van der Waals surface area (Å²) in [6, 6.07) is 6.76. The number of benzene rings is 1. The van der Waals surface area contributed by atoms with Crippen LogP contribution in [-0.2, 0) is 4.79 Å². The van der Waals surface area contributed by atoms with Crippen molar-refractivity contribution in [3.05, 3.63) is 57.0 Å². The average molecular weight is 398 g/mol. The van der Waals surface area contributed by atoms with Gasteiger partial charge >= 0.3 is 0 Å². The van der Waals surface area contributed by atoms with Crippen molar-refractivity contribution in [1.82, 2.24) is 9.97 Å². The number of hydrogen-bond acceptors (Lipinski definition) is 6. The van der Waals surface area contributed by atoms with Crippen molar-refractivity contribution >= 4 is 23.4 Å². The van der Waals surface area contributed by atoms with Gasteiger partial charge in [-0.3, -0.25) is 9.59 Å². The van der Waals surface area contributed by atoms with Gasteiger partial charge in [0, 0.05) is 23.6 Å². The molecule has 146 valence electrons. The predicted octanol–water partition coefficient (Wildman–Crippen LogP) is 3.79. The van der Waals surface area contributed by atoms with Crippen LogP contribution in [0.5, 0.6) is 5.75 Å². The van der Waals surface area contributed by atoms with E-state index in [4.69, 9.17) is 0 Å². The van der Waals surface area contributed by atoms with Gasteiger partial charge in [0.25, 0.3) is 5.56 Å². The van der Waals surface area contributed by atoms with E-state index in [2.05, 4.69) is 29.1 Å². The lowest BCUT2D eigenvalue weighted by molar-refractivity contribution is -0.118. The van der Waals surface area contributed by atoms with Gasteiger partial charge in [-0.2, -0.15) is 0 Å². The lowest BCUT2D eigenvalue weighted by atomic mass is 9.69. The van der Waals surface area contributed by atoms with Crippen LogP contribution in [0.2, 0.25) is 0 Å². The monoisotopic (exact) mass is 397 g/mol. The minimum absolute atomic E-state index is 0.0316. The van der Waals surface area contributed by atoms with Gasteiger partial charge in [0.1, 0.15) is 11.6 Å².